The molecule has 102 valence electrons. The minimum Gasteiger partial charge on any atom is -0.352 e. The highest BCUT2D eigenvalue weighted by atomic mass is 16.2. The molecular formula is C15H20N2O2. The molecule has 0 saturated carbocycles. The zero-order chi connectivity index (χ0) is 13.8. The summed E-state index contributed by atoms with van der Waals surface area (Å²) in [5.41, 5.74) is 2.33. The van der Waals surface area contributed by atoms with E-state index >= 15 is 0 Å². The van der Waals surface area contributed by atoms with Crippen LogP contribution in [0.3, 0.4) is 0 Å². The highest BCUT2D eigenvalue weighted by Gasteiger charge is 2.19. The van der Waals surface area contributed by atoms with Gasteiger partial charge in [-0.3, -0.25) is 9.59 Å². The maximum absolute atomic E-state index is 12.0. The Labute approximate surface area is 113 Å². The lowest BCUT2D eigenvalue weighted by molar-refractivity contribution is -0.115. The summed E-state index contributed by atoms with van der Waals surface area (Å²) >= 11 is 0. The summed E-state index contributed by atoms with van der Waals surface area (Å²) in [4.78, 5) is 23.3. The Balaban J connectivity index is 2.01. The number of nitrogens with one attached hydrogen (secondary N) is 2. The molecule has 19 heavy (non-hydrogen) atoms. The highest BCUT2D eigenvalue weighted by molar-refractivity contribution is 6.02. The third-order valence-electron chi connectivity index (χ3n) is 3.70. The van der Waals surface area contributed by atoms with Crippen LogP contribution in [0.4, 0.5) is 5.69 Å². The summed E-state index contributed by atoms with van der Waals surface area (Å²) in [6.07, 6.45) is 2.54. The lowest BCUT2D eigenvalue weighted by Gasteiger charge is -2.13. The van der Waals surface area contributed by atoms with Crippen LogP contribution < -0.4 is 10.6 Å². The lowest BCUT2D eigenvalue weighted by Crippen LogP contribution is -2.28. The van der Waals surface area contributed by atoms with Crippen molar-refractivity contribution in [2.24, 2.45) is 5.92 Å². The van der Waals surface area contributed by atoms with Crippen molar-refractivity contribution < 1.29 is 9.59 Å². The fraction of sp³-hybridized carbons (Fsp3) is 0.467. The summed E-state index contributed by atoms with van der Waals surface area (Å²) < 4.78 is 0. The van der Waals surface area contributed by atoms with Gasteiger partial charge >= 0.3 is 0 Å². The molecular weight excluding hydrogens is 240 g/mol. The van der Waals surface area contributed by atoms with Crippen molar-refractivity contribution in [2.75, 3.05) is 11.9 Å². The molecule has 1 aromatic rings. The van der Waals surface area contributed by atoms with Gasteiger partial charge in [0.2, 0.25) is 5.91 Å². The maximum Gasteiger partial charge on any atom is 0.251 e. The van der Waals surface area contributed by atoms with Gasteiger partial charge in [-0.25, -0.2) is 0 Å². The topological polar surface area (TPSA) is 58.2 Å². The number of hydrogen-bond acceptors (Lipinski definition) is 2. The quantitative estimate of drug-likeness (QED) is 0.853. The van der Waals surface area contributed by atoms with Gasteiger partial charge in [0.15, 0.2) is 0 Å². The molecule has 2 amide bonds. The predicted molar refractivity (Wildman–Crippen MR) is 75.2 cm³/mol. The summed E-state index contributed by atoms with van der Waals surface area (Å²) in [5, 5.41) is 5.71. The van der Waals surface area contributed by atoms with E-state index in [1.54, 1.807) is 12.1 Å². The Morgan fingerprint density at radius 1 is 1.37 bits per heavy atom. The molecule has 2 N–H and O–H groups in total. The Hall–Kier alpha value is -1.84. The van der Waals surface area contributed by atoms with Gasteiger partial charge in [-0.05, 0) is 23.6 Å². The van der Waals surface area contributed by atoms with E-state index in [1.165, 1.54) is 0 Å². The molecule has 0 radical (unpaired) electrons. The van der Waals surface area contributed by atoms with Gasteiger partial charge in [0.25, 0.3) is 5.91 Å². The van der Waals surface area contributed by atoms with E-state index in [0.717, 1.165) is 24.1 Å². The third-order valence-corrected chi connectivity index (χ3v) is 3.70. The van der Waals surface area contributed by atoms with Gasteiger partial charge in [-0.15, -0.1) is 0 Å². The smallest absolute Gasteiger partial charge is 0.251 e. The normalized spacial score (nSPS) is 13.3. The fourth-order valence-electron chi connectivity index (χ4n) is 2.27. The van der Waals surface area contributed by atoms with Crippen LogP contribution in [-0.2, 0) is 11.2 Å². The van der Waals surface area contributed by atoms with Crippen molar-refractivity contribution >= 4 is 17.5 Å². The zero-order valence-corrected chi connectivity index (χ0v) is 11.5. The number of anilines is 1. The predicted octanol–water partition coefficient (Wildman–Crippen LogP) is 2.35. The largest absolute Gasteiger partial charge is 0.352 e. The van der Waals surface area contributed by atoms with Gasteiger partial charge in [-0.2, -0.15) is 0 Å². The van der Waals surface area contributed by atoms with Crippen molar-refractivity contribution in [3.8, 4) is 0 Å². The second-order valence-corrected chi connectivity index (χ2v) is 4.99. The van der Waals surface area contributed by atoms with E-state index in [4.69, 9.17) is 0 Å². The van der Waals surface area contributed by atoms with Crippen molar-refractivity contribution in [1.82, 2.24) is 5.32 Å². The van der Waals surface area contributed by atoms with Crippen LogP contribution >= 0.6 is 0 Å². The van der Waals surface area contributed by atoms with Crippen LogP contribution in [0.5, 0.6) is 0 Å². The van der Waals surface area contributed by atoms with Crippen LogP contribution in [0.25, 0.3) is 0 Å². The van der Waals surface area contributed by atoms with E-state index in [1.807, 2.05) is 6.07 Å². The zero-order valence-electron chi connectivity index (χ0n) is 11.5. The van der Waals surface area contributed by atoms with Gasteiger partial charge in [0, 0.05) is 17.8 Å². The number of carbonyl (C=O) groups is 2. The van der Waals surface area contributed by atoms with Crippen molar-refractivity contribution in [3.05, 3.63) is 29.3 Å². The molecule has 0 spiro atoms. The Morgan fingerprint density at radius 3 is 2.79 bits per heavy atom. The summed E-state index contributed by atoms with van der Waals surface area (Å²) in [5.74, 6) is 0.443. The molecule has 1 heterocycles. The monoisotopic (exact) mass is 260 g/mol. The first-order valence-electron chi connectivity index (χ1n) is 6.85. The molecule has 0 saturated heterocycles. The number of benzene rings is 1. The molecule has 1 aliphatic rings. The fourth-order valence-corrected chi connectivity index (χ4v) is 2.27. The standard InChI is InChI=1S/C15H20N2O2/c1-3-10(4-2)9-16-15(19)12-6-5-11-8-14(18)17-13(11)7-12/h5-7,10H,3-4,8-9H2,1-2H3,(H,16,19)(H,17,18). The second kappa shape index (κ2) is 5.87. The van der Waals surface area contributed by atoms with E-state index in [9.17, 15) is 9.59 Å². The van der Waals surface area contributed by atoms with Crippen LogP contribution in [0, 0.1) is 5.92 Å². The second-order valence-electron chi connectivity index (χ2n) is 4.99. The molecule has 2 rings (SSSR count). The average Bonchev–Trinajstić information content (AvgIpc) is 2.78. The minimum atomic E-state index is -0.0733. The molecule has 1 aliphatic heterocycles. The summed E-state index contributed by atoms with van der Waals surface area (Å²) in [7, 11) is 0. The molecule has 0 aliphatic carbocycles. The average molecular weight is 260 g/mol. The molecule has 1 aromatic carbocycles. The molecule has 0 atom stereocenters. The van der Waals surface area contributed by atoms with E-state index in [0.29, 0.717) is 24.4 Å². The highest BCUT2D eigenvalue weighted by Crippen LogP contribution is 2.23. The molecule has 0 bridgehead atoms. The van der Waals surface area contributed by atoms with Crippen molar-refractivity contribution in [2.45, 2.75) is 33.1 Å². The van der Waals surface area contributed by atoms with E-state index < -0.39 is 0 Å². The van der Waals surface area contributed by atoms with E-state index in [-0.39, 0.29) is 11.8 Å². The van der Waals surface area contributed by atoms with Crippen LogP contribution in [-0.4, -0.2) is 18.4 Å². The maximum atomic E-state index is 12.0. The van der Waals surface area contributed by atoms with Gasteiger partial charge in [0.1, 0.15) is 0 Å². The summed E-state index contributed by atoms with van der Waals surface area (Å²) in [6, 6.07) is 5.38. The first kappa shape index (κ1) is 13.6. The first-order chi connectivity index (χ1) is 9.13. The van der Waals surface area contributed by atoms with E-state index in [2.05, 4.69) is 24.5 Å². The van der Waals surface area contributed by atoms with Gasteiger partial charge in [0.05, 0.1) is 6.42 Å². The van der Waals surface area contributed by atoms with Crippen LogP contribution in [0.15, 0.2) is 18.2 Å². The molecule has 0 unspecified atom stereocenters. The number of rotatable bonds is 5. The van der Waals surface area contributed by atoms with Gasteiger partial charge in [-0.1, -0.05) is 32.8 Å². The number of amides is 2. The van der Waals surface area contributed by atoms with Gasteiger partial charge < -0.3 is 10.6 Å². The van der Waals surface area contributed by atoms with Crippen LogP contribution in [0.1, 0.15) is 42.6 Å². The molecule has 4 heteroatoms. The van der Waals surface area contributed by atoms with Crippen molar-refractivity contribution in [1.29, 1.82) is 0 Å². The minimum absolute atomic E-state index is 0.00964. The Bertz CT molecular complexity index is 493. The number of carbonyl (C=O) groups excluding carboxylic acids is 2. The number of hydrogen-bond donors (Lipinski definition) is 2. The van der Waals surface area contributed by atoms with Crippen molar-refractivity contribution in [3.63, 3.8) is 0 Å². The Kier molecular flexibility index (Phi) is 4.20. The summed E-state index contributed by atoms with van der Waals surface area (Å²) in [6.45, 7) is 4.96. The molecule has 0 aromatic heterocycles. The molecule has 4 nitrogen and oxygen atoms in total. The molecule has 0 fully saturated rings. The SMILES string of the molecule is CCC(CC)CNC(=O)c1ccc2c(c1)NC(=O)C2. The Morgan fingerprint density at radius 2 is 2.11 bits per heavy atom. The third kappa shape index (κ3) is 3.13. The lowest BCUT2D eigenvalue weighted by atomic mass is 10.0. The van der Waals surface area contributed by atoms with Crippen LogP contribution in [0.2, 0.25) is 0 Å². The first-order valence-corrected chi connectivity index (χ1v) is 6.85. The number of fused-ring (bicyclic) bond motifs is 1.